The van der Waals surface area contributed by atoms with Crippen LogP contribution in [0.25, 0.3) is 11.0 Å². The molecule has 1 N–H and O–H groups in total. The van der Waals surface area contributed by atoms with E-state index in [-0.39, 0.29) is 0 Å². The normalized spacial score (nSPS) is 15.5. The van der Waals surface area contributed by atoms with Crippen molar-refractivity contribution in [3.05, 3.63) is 48.0 Å². The number of aryl methyl sites for hydroxylation is 2. The molecule has 2 heterocycles. The van der Waals surface area contributed by atoms with Gasteiger partial charge < -0.3 is 14.0 Å². The Hall–Kier alpha value is -3.02. The summed E-state index contributed by atoms with van der Waals surface area (Å²) in [6.45, 7) is 2.79. The number of imidazole rings is 1. The first-order chi connectivity index (χ1) is 11.7. The summed E-state index contributed by atoms with van der Waals surface area (Å²) >= 11 is 0. The van der Waals surface area contributed by atoms with Crippen molar-refractivity contribution in [2.24, 2.45) is 12.1 Å². The first-order valence-corrected chi connectivity index (χ1v) is 7.80. The van der Waals surface area contributed by atoms with Crippen LogP contribution < -0.4 is 14.9 Å². The van der Waals surface area contributed by atoms with Gasteiger partial charge in [-0.25, -0.2) is 10.4 Å². The van der Waals surface area contributed by atoms with Crippen molar-refractivity contribution in [3.8, 4) is 11.5 Å². The lowest BCUT2D eigenvalue weighted by molar-refractivity contribution is 0.354. The third-order valence-electron chi connectivity index (χ3n) is 3.99. The molecule has 6 heteroatoms. The fourth-order valence-electron chi connectivity index (χ4n) is 2.65. The Balaban J connectivity index is 1.53. The minimum atomic E-state index is 0.382. The molecule has 0 bridgehead atoms. The van der Waals surface area contributed by atoms with Gasteiger partial charge in [-0.2, -0.15) is 5.10 Å². The van der Waals surface area contributed by atoms with E-state index >= 15 is 0 Å². The third-order valence-corrected chi connectivity index (χ3v) is 3.99. The second kappa shape index (κ2) is 5.88. The molecule has 0 saturated carbocycles. The van der Waals surface area contributed by atoms with Crippen molar-refractivity contribution < 1.29 is 9.47 Å². The average molecular weight is 322 g/mol. The summed E-state index contributed by atoms with van der Waals surface area (Å²) in [5.74, 6) is 2.18. The molecule has 0 amide bonds. The van der Waals surface area contributed by atoms with Crippen LogP contribution >= 0.6 is 0 Å². The summed E-state index contributed by atoms with van der Waals surface area (Å²) in [5, 5.41) is 4.41. The maximum Gasteiger partial charge on any atom is 0.224 e. The Morgan fingerprint density at radius 2 is 1.88 bits per heavy atom. The van der Waals surface area contributed by atoms with Gasteiger partial charge in [0.05, 0.1) is 11.0 Å². The van der Waals surface area contributed by atoms with Crippen LogP contribution in [0.15, 0.2) is 47.6 Å². The standard InChI is InChI=1S/C18H18N4O2/c1-12-7-8-16-17(9-12)24-11-13(10-23-16)20-21-18-19-14-5-3-4-6-15(14)22(18)2/h3-9H,10-11H2,1-2H3,(H,19,21)/b20-13+. The van der Waals surface area contributed by atoms with E-state index in [0.717, 1.165) is 33.8 Å². The molecule has 0 aliphatic carbocycles. The zero-order valence-corrected chi connectivity index (χ0v) is 13.6. The molecule has 122 valence electrons. The molecule has 2 aromatic carbocycles. The predicted octanol–water partition coefficient (Wildman–Crippen LogP) is 3.12. The minimum Gasteiger partial charge on any atom is -0.484 e. The predicted molar refractivity (Wildman–Crippen MR) is 93.9 cm³/mol. The lowest BCUT2D eigenvalue weighted by atomic mass is 10.2. The number of benzene rings is 2. The van der Waals surface area contributed by atoms with Crippen molar-refractivity contribution in [2.75, 3.05) is 18.6 Å². The molecule has 0 atom stereocenters. The highest BCUT2D eigenvalue weighted by Crippen LogP contribution is 2.29. The van der Waals surface area contributed by atoms with Crippen LogP contribution in [0.3, 0.4) is 0 Å². The number of rotatable bonds is 2. The lowest BCUT2D eigenvalue weighted by Gasteiger charge is -2.06. The monoisotopic (exact) mass is 322 g/mol. The van der Waals surface area contributed by atoms with E-state index in [1.807, 2.05) is 61.0 Å². The SMILES string of the molecule is Cc1ccc2c(c1)OC/C(=N/Nc1nc3ccccc3n1C)CO2. The number of nitrogens with zero attached hydrogens (tertiary/aromatic N) is 3. The van der Waals surface area contributed by atoms with Gasteiger partial charge in [-0.3, -0.25) is 0 Å². The van der Waals surface area contributed by atoms with E-state index in [1.165, 1.54) is 0 Å². The quantitative estimate of drug-likeness (QED) is 0.737. The molecule has 1 aliphatic heterocycles. The first-order valence-electron chi connectivity index (χ1n) is 7.80. The summed E-state index contributed by atoms with van der Waals surface area (Å²) in [6.07, 6.45) is 0. The number of para-hydroxylation sites is 2. The number of nitrogens with one attached hydrogen (secondary N) is 1. The number of fused-ring (bicyclic) bond motifs is 2. The molecular weight excluding hydrogens is 304 g/mol. The highest BCUT2D eigenvalue weighted by Gasteiger charge is 2.14. The highest BCUT2D eigenvalue weighted by atomic mass is 16.5. The molecule has 1 aromatic heterocycles. The lowest BCUT2D eigenvalue weighted by Crippen LogP contribution is -2.18. The minimum absolute atomic E-state index is 0.382. The maximum absolute atomic E-state index is 5.80. The first kappa shape index (κ1) is 14.6. The summed E-state index contributed by atoms with van der Waals surface area (Å²) in [7, 11) is 1.95. The number of anilines is 1. The number of hydrogen-bond donors (Lipinski definition) is 1. The van der Waals surface area contributed by atoms with Gasteiger partial charge in [0.2, 0.25) is 5.95 Å². The Kier molecular flexibility index (Phi) is 3.57. The molecule has 24 heavy (non-hydrogen) atoms. The molecule has 0 radical (unpaired) electrons. The van der Waals surface area contributed by atoms with Crippen molar-refractivity contribution in [3.63, 3.8) is 0 Å². The Morgan fingerprint density at radius 1 is 1.08 bits per heavy atom. The molecule has 6 nitrogen and oxygen atoms in total. The van der Waals surface area contributed by atoms with Gasteiger partial charge in [-0.1, -0.05) is 18.2 Å². The van der Waals surface area contributed by atoms with Crippen molar-refractivity contribution in [1.82, 2.24) is 9.55 Å². The van der Waals surface area contributed by atoms with Crippen LogP contribution in [-0.2, 0) is 7.05 Å². The molecule has 0 spiro atoms. The molecule has 3 aromatic rings. The Labute approximate surface area is 139 Å². The fraction of sp³-hybridized carbons (Fsp3) is 0.222. The summed E-state index contributed by atoms with van der Waals surface area (Å²) in [6, 6.07) is 13.9. The molecule has 0 fully saturated rings. The summed E-state index contributed by atoms with van der Waals surface area (Å²) < 4.78 is 13.5. The fourth-order valence-corrected chi connectivity index (χ4v) is 2.65. The Bertz CT molecular complexity index is 930. The smallest absolute Gasteiger partial charge is 0.224 e. The number of hydrazone groups is 1. The second-order valence-corrected chi connectivity index (χ2v) is 5.80. The number of ether oxygens (including phenoxy) is 2. The van der Waals surface area contributed by atoms with E-state index in [0.29, 0.717) is 19.2 Å². The van der Waals surface area contributed by atoms with Gasteiger partial charge in [0, 0.05) is 7.05 Å². The molecule has 4 rings (SSSR count). The van der Waals surface area contributed by atoms with Gasteiger partial charge in [0.15, 0.2) is 11.5 Å². The van der Waals surface area contributed by atoms with Gasteiger partial charge in [0.25, 0.3) is 0 Å². The van der Waals surface area contributed by atoms with Crippen LogP contribution in [0, 0.1) is 6.92 Å². The average Bonchev–Trinajstić information content (AvgIpc) is 2.78. The molecule has 0 unspecified atom stereocenters. The third kappa shape index (κ3) is 2.67. The van der Waals surface area contributed by atoms with Crippen LogP contribution in [0.4, 0.5) is 5.95 Å². The molecule has 0 saturated heterocycles. The summed E-state index contributed by atoms with van der Waals surface area (Å²) in [4.78, 5) is 4.53. The van der Waals surface area contributed by atoms with Gasteiger partial charge >= 0.3 is 0 Å². The van der Waals surface area contributed by atoms with Crippen molar-refractivity contribution in [1.29, 1.82) is 0 Å². The van der Waals surface area contributed by atoms with Gasteiger partial charge in [-0.05, 0) is 36.8 Å². The van der Waals surface area contributed by atoms with Crippen molar-refractivity contribution >= 4 is 22.7 Å². The maximum atomic E-state index is 5.80. The zero-order valence-electron chi connectivity index (χ0n) is 13.6. The van der Waals surface area contributed by atoms with E-state index in [9.17, 15) is 0 Å². The highest BCUT2D eigenvalue weighted by molar-refractivity contribution is 5.88. The topological polar surface area (TPSA) is 60.7 Å². The second-order valence-electron chi connectivity index (χ2n) is 5.80. The van der Waals surface area contributed by atoms with E-state index in [1.54, 1.807) is 0 Å². The largest absolute Gasteiger partial charge is 0.484 e. The van der Waals surface area contributed by atoms with E-state index in [4.69, 9.17) is 9.47 Å². The van der Waals surface area contributed by atoms with Gasteiger partial charge in [0.1, 0.15) is 18.9 Å². The van der Waals surface area contributed by atoms with Crippen LogP contribution in [0.1, 0.15) is 5.56 Å². The van der Waals surface area contributed by atoms with Crippen molar-refractivity contribution in [2.45, 2.75) is 6.92 Å². The summed E-state index contributed by atoms with van der Waals surface area (Å²) in [5.41, 5.74) is 6.91. The number of hydrogen-bond acceptors (Lipinski definition) is 5. The van der Waals surface area contributed by atoms with Crippen LogP contribution in [0.5, 0.6) is 11.5 Å². The van der Waals surface area contributed by atoms with Gasteiger partial charge in [-0.15, -0.1) is 0 Å². The van der Waals surface area contributed by atoms with E-state index in [2.05, 4.69) is 15.5 Å². The van der Waals surface area contributed by atoms with E-state index < -0.39 is 0 Å². The zero-order chi connectivity index (χ0) is 16.5. The molecule has 1 aliphatic rings. The van der Waals surface area contributed by atoms with Crippen LogP contribution in [-0.4, -0.2) is 28.5 Å². The molecular formula is C18H18N4O2. The Morgan fingerprint density at radius 3 is 2.71 bits per heavy atom. The van der Waals surface area contributed by atoms with Crippen LogP contribution in [0.2, 0.25) is 0 Å². The number of aromatic nitrogens is 2.